The number of hydrogen-bond donors (Lipinski definition) is 1. The largest absolute Gasteiger partial charge is 0.380 e. The van der Waals surface area contributed by atoms with Crippen molar-refractivity contribution >= 4 is 0 Å². The molecule has 1 rings (SSSR count). The van der Waals surface area contributed by atoms with Crippen molar-refractivity contribution in [3.05, 3.63) is 35.4 Å². The molecule has 1 atom stereocenters. The maximum atomic E-state index is 5.98. The normalized spacial score (nSPS) is 12.8. The molecule has 0 saturated heterocycles. The molecule has 0 fully saturated rings. The van der Waals surface area contributed by atoms with E-state index in [1.54, 1.807) is 0 Å². The van der Waals surface area contributed by atoms with Crippen molar-refractivity contribution in [1.82, 2.24) is 0 Å². The van der Waals surface area contributed by atoms with E-state index in [9.17, 15) is 0 Å². The van der Waals surface area contributed by atoms with Crippen LogP contribution >= 0.6 is 0 Å². The molecule has 0 radical (unpaired) electrons. The number of aryl methyl sites for hydroxylation is 1. The van der Waals surface area contributed by atoms with Crippen molar-refractivity contribution in [1.29, 1.82) is 0 Å². The van der Waals surface area contributed by atoms with Gasteiger partial charge in [-0.05, 0) is 24.5 Å². The fourth-order valence-corrected chi connectivity index (χ4v) is 1.38. The van der Waals surface area contributed by atoms with Gasteiger partial charge in [-0.2, -0.15) is 0 Å². The van der Waals surface area contributed by atoms with E-state index in [0.717, 1.165) is 18.6 Å². The maximum absolute atomic E-state index is 5.98. The molecule has 0 aliphatic carbocycles. The zero-order chi connectivity index (χ0) is 10.4. The Morgan fingerprint density at radius 1 is 1.36 bits per heavy atom. The first kappa shape index (κ1) is 11.2. The second-order valence-corrected chi connectivity index (χ2v) is 3.36. The standard InChI is InChI=1S/C12H19NO/c1-3-10-6-5-7-11(8-10)12(13)9-14-4-2/h5-8,12H,3-4,9,13H2,1-2H3. The quantitative estimate of drug-likeness (QED) is 0.778. The molecule has 2 N–H and O–H groups in total. The van der Waals surface area contributed by atoms with Crippen molar-refractivity contribution < 1.29 is 4.74 Å². The lowest BCUT2D eigenvalue weighted by molar-refractivity contribution is 0.133. The summed E-state index contributed by atoms with van der Waals surface area (Å²) in [7, 11) is 0. The van der Waals surface area contributed by atoms with Crippen LogP contribution in [0.25, 0.3) is 0 Å². The van der Waals surface area contributed by atoms with E-state index in [1.165, 1.54) is 5.56 Å². The summed E-state index contributed by atoms with van der Waals surface area (Å²) >= 11 is 0. The second kappa shape index (κ2) is 5.78. The van der Waals surface area contributed by atoms with Gasteiger partial charge in [0.2, 0.25) is 0 Å². The monoisotopic (exact) mass is 193 g/mol. The van der Waals surface area contributed by atoms with Gasteiger partial charge >= 0.3 is 0 Å². The van der Waals surface area contributed by atoms with E-state index in [-0.39, 0.29) is 6.04 Å². The topological polar surface area (TPSA) is 35.2 Å². The Labute approximate surface area is 86.1 Å². The first-order chi connectivity index (χ1) is 6.77. The Morgan fingerprint density at radius 2 is 2.14 bits per heavy atom. The first-order valence-electron chi connectivity index (χ1n) is 5.20. The highest BCUT2D eigenvalue weighted by atomic mass is 16.5. The Balaban J connectivity index is 2.64. The van der Waals surface area contributed by atoms with Crippen LogP contribution in [0.15, 0.2) is 24.3 Å². The first-order valence-corrected chi connectivity index (χ1v) is 5.20. The molecule has 2 heteroatoms. The van der Waals surface area contributed by atoms with Crippen molar-refractivity contribution in [2.45, 2.75) is 26.3 Å². The molecule has 1 aromatic rings. The number of hydrogen-bond acceptors (Lipinski definition) is 2. The highest BCUT2D eigenvalue weighted by Crippen LogP contribution is 2.13. The predicted octanol–water partition coefficient (Wildman–Crippen LogP) is 2.29. The molecular formula is C12H19NO. The Kier molecular flexibility index (Phi) is 4.63. The fraction of sp³-hybridized carbons (Fsp3) is 0.500. The third kappa shape index (κ3) is 3.13. The zero-order valence-electron chi connectivity index (χ0n) is 8.99. The fourth-order valence-electron chi connectivity index (χ4n) is 1.38. The van der Waals surface area contributed by atoms with Gasteiger partial charge in [0.15, 0.2) is 0 Å². The molecule has 0 amide bonds. The molecule has 0 bridgehead atoms. The molecule has 0 spiro atoms. The van der Waals surface area contributed by atoms with Gasteiger partial charge in [-0.1, -0.05) is 31.2 Å². The van der Waals surface area contributed by atoms with Crippen LogP contribution in [-0.4, -0.2) is 13.2 Å². The van der Waals surface area contributed by atoms with Gasteiger partial charge in [0.1, 0.15) is 0 Å². The Bertz CT molecular complexity index is 273. The smallest absolute Gasteiger partial charge is 0.0659 e. The Hall–Kier alpha value is -0.860. The van der Waals surface area contributed by atoms with Crippen LogP contribution < -0.4 is 5.73 Å². The third-order valence-electron chi connectivity index (χ3n) is 2.29. The summed E-state index contributed by atoms with van der Waals surface area (Å²) in [6.45, 7) is 5.45. The molecule has 0 aliphatic rings. The zero-order valence-corrected chi connectivity index (χ0v) is 8.99. The molecule has 0 aromatic heterocycles. The molecule has 0 heterocycles. The van der Waals surface area contributed by atoms with Crippen LogP contribution in [-0.2, 0) is 11.2 Å². The lowest BCUT2D eigenvalue weighted by atomic mass is 10.0. The summed E-state index contributed by atoms with van der Waals surface area (Å²) in [5, 5.41) is 0. The molecule has 2 nitrogen and oxygen atoms in total. The van der Waals surface area contributed by atoms with E-state index in [2.05, 4.69) is 31.2 Å². The van der Waals surface area contributed by atoms with Gasteiger partial charge in [-0.15, -0.1) is 0 Å². The maximum Gasteiger partial charge on any atom is 0.0659 e. The van der Waals surface area contributed by atoms with Crippen molar-refractivity contribution in [3.63, 3.8) is 0 Å². The summed E-state index contributed by atoms with van der Waals surface area (Å²) in [4.78, 5) is 0. The van der Waals surface area contributed by atoms with E-state index >= 15 is 0 Å². The van der Waals surface area contributed by atoms with E-state index < -0.39 is 0 Å². The molecule has 14 heavy (non-hydrogen) atoms. The highest BCUT2D eigenvalue weighted by Gasteiger charge is 2.05. The molecule has 78 valence electrons. The lowest BCUT2D eigenvalue weighted by Gasteiger charge is -2.12. The second-order valence-electron chi connectivity index (χ2n) is 3.36. The third-order valence-corrected chi connectivity index (χ3v) is 2.29. The van der Waals surface area contributed by atoms with Crippen LogP contribution in [0.5, 0.6) is 0 Å². The van der Waals surface area contributed by atoms with E-state index in [0.29, 0.717) is 6.61 Å². The van der Waals surface area contributed by atoms with Crippen LogP contribution in [0.1, 0.15) is 31.0 Å². The number of rotatable bonds is 5. The van der Waals surface area contributed by atoms with Crippen molar-refractivity contribution in [2.24, 2.45) is 5.73 Å². The van der Waals surface area contributed by atoms with Gasteiger partial charge in [0, 0.05) is 6.61 Å². The number of nitrogens with two attached hydrogens (primary N) is 1. The Morgan fingerprint density at radius 3 is 2.79 bits per heavy atom. The highest BCUT2D eigenvalue weighted by molar-refractivity contribution is 5.25. The van der Waals surface area contributed by atoms with Crippen molar-refractivity contribution in [2.75, 3.05) is 13.2 Å². The van der Waals surface area contributed by atoms with Crippen LogP contribution in [0, 0.1) is 0 Å². The van der Waals surface area contributed by atoms with Crippen LogP contribution in [0.3, 0.4) is 0 Å². The SMILES string of the molecule is CCOCC(N)c1cccc(CC)c1. The summed E-state index contributed by atoms with van der Waals surface area (Å²) in [5.74, 6) is 0. The van der Waals surface area contributed by atoms with Gasteiger partial charge in [-0.3, -0.25) is 0 Å². The molecule has 0 aliphatic heterocycles. The van der Waals surface area contributed by atoms with Gasteiger partial charge in [-0.25, -0.2) is 0 Å². The van der Waals surface area contributed by atoms with Crippen LogP contribution in [0.2, 0.25) is 0 Å². The number of ether oxygens (including phenoxy) is 1. The molecule has 0 saturated carbocycles. The minimum atomic E-state index is 0.00134. The van der Waals surface area contributed by atoms with Gasteiger partial charge < -0.3 is 10.5 Å². The predicted molar refractivity (Wildman–Crippen MR) is 59.2 cm³/mol. The summed E-state index contributed by atoms with van der Waals surface area (Å²) in [6.07, 6.45) is 1.05. The average molecular weight is 193 g/mol. The molecular weight excluding hydrogens is 174 g/mol. The summed E-state index contributed by atoms with van der Waals surface area (Å²) in [6, 6.07) is 8.39. The van der Waals surface area contributed by atoms with E-state index in [4.69, 9.17) is 10.5 Å². The summed E-state index contributed by atoms with van der Waals surface area (Å²) < 4.78 is 5.30. The number of benzene rings is 1. The molecule has 1 unspecified atom stereocenters. The molecule has 1 aromatic carbocycles. The average Bonchev–Trinajstić information content (AvgIpc) is 2.26. The van der Waals surface area contributed by atoms with Crippen molar-refractivity contribution in [3.8, 4) is 0 Å². The minimum absolute atomic E-state index is 0.00134. The van der Waals surface area contributed by atoms with E-state index in [1.807, 2.05) is 6.92 Å². The summed E-state index contributed by atoms with van der Waals surface area (Å²) in [5.41, 5.74) is 8.47. The van der Waals surface area contributed by atoms with Gasteiger partial charge in [0.05, 0.1) is 12.6 Å². The van der Waals surface area contributed by atoms with Crippen LogP contribution in [0.4, 0.5) is 0 Å². The minimum Gasteiger partial charge on any atom is -0.380 e. The van der Waals surface area contributed by atoms with Gasteiger partial charge in [0.25, 0.3) is 0 Å². The lowest BCUT2D eigenvalue weighted by Crippen LogP contribution is -2.17.